The summed E-state index contributed by atoms with van der Waals surface area (Å²) in [7, 11) is 0. The van der Waals surface area contributed by atoms with Crippen LogP contribution in [-0.2, 0) is 0 Å². The Labute approximate surface area is 72.0 Å². The minimum atomic E-state index is -1.96. The molecule has 0 aliphatic carbocycles. The van der Waals surface area contributed by atoms with E-state index in [1.54, 1.807) is 12.1 Å². The quantitative estimate of drug-likeness (QED) is 0.636. The van der Waals surface area contributed by atoms with Gasteiger partial charge in [-0.25, -0.2) is 0 Å². The average molecular weight is 206 g/mol. The molecule has 0 amide bonds. The lowest BCUT2D eigenvalue weighted by Crippen LogP contribution is -1.66. The molecule has 0 N–H and O–H groups in total. The van der Waals surface area contributed by atoms with Crippen LogP contribution in [0.1, 0.15) is 4.11 Å². The molecule has 0 nitrogen and oxygen atoms in total. The number of thioether (sulfide) groups is 1. The third-order valence-corrected chi connectivity index (χ3v) is 1.90. The van der Waals surface area contributed by atoms with Gasteiger partial charge in [-0.1, -0.05) is 22.0 Å². The third-order valence-electron chi connectivity index (χ3n) is 0.914. The summed E-state index contributed by atoms with van der Waals surface area (Å²) >= 11 is 4.16. The number of hydrogen-bond donors (Lipinski definition) is 0. The van der Waals surface area contributed by atoms with Crippen LogP contribution < -0.4 is 0 Å². The molecule has 48 valence electrons. The van der Waals surface area contributed by atoms with E-state index in [-0.39, 0.29) is 0 Å². The smallest absolute Gasteiger partial charge is 0.0348 e. The molecular weight excluding hydrogens is 196 g/mol. The predicted octanol–water partition coefficient (Wildman–Crippen LogP) is 3.17. The highest BCUT2D eigenvalue weighted by Gasteiger charge is 1.87. The molecule has 2 heteroatoms. The van der Waals surface area contributed by atoms with Gasteiger partial charge in [-0.2, -0.15) is 0 Å². The molecule has 0 saturated carbocycles. The van der Waals surface area contributed by atoms with E-state index < -0.39 is 6.18 Å². The van der Waals surface area contributed by atoms with E-state index in [9.17, 15) is 0 Å². The first-order valence-electron chi connectivity index (χ1n) is 3.92. The second kappa shape index (κ2) is 3.28. The molecule has 0 aliphatic rings. The van der Waals surface area contributed by atoms with Crippen molar-refractivity contribution in [3.63, 3.8) is 0 Å². The van der Waals surface area contributed by atoms with Crippen LogP contribution in [0.15, 0.2) is 33.6 Å². The molecule has 0 aromatic heterocycles. The lowest BCUT2D eigenvalue weighted by Gasteiger charge is -1.93. The van der Waals surface area contributed by atoms with Crippen LogP contribution in [0.25, 0.3) is 0 Å². The van der Waals surface area contributed by atoms with Gasteiger partial charge in [0.2, 0.25) is 0 Å². The molecule has 0 radical (unpaired) electrons. The summed E-state index contributed by atoms with van der Waals surface area (Å²) in [5, 5.41) is 0. The molecular formula is C7H7BrS. The maximum Gasteiger partial charge on any atom is 0.0348 e. The second-order valence-electron chi connectivity index (χ2n) is 1.56. The third kappa shape index (κ3) is 2.03. The fraction of sp³-hybridized carbons (Fsp3) is 0.143. The van der Waals surface area contributed by atoms with Crippen LogP contribution in [-0.4, -0.2) is 6.18 Å². The maximum absolute atomic E-state index is 7.02. The van der Waals surface area contributed by atoms with Gasteiger partial charge in [0.1, 0.15) is 0 Å². The number of benzene rings is 1. The van der Waals surface area contributed by atoms with Crippen LogP contribution in [0.5, 0.6) is 0 Å². The minimum Gasteiger partial charge on any atom is -0.130 e. The molecule has 0 atom stereocenters. The van der Waals surface area contributed by atoms with E-state index in [0.29, 0.717) is 0 Å². The standard InChI is InChI=1S/C7H7BrS/c1-9-7-4-2-3-6(8)5-7/h2-5H,1H3/i1D3. The SMILES string of the molecule is [2H]C([2H])([2H])Sc1cccc(Br)c1. The van der Waals surface area contributed by atoms with E-state index in [1.165, 1.54) is 0 Å². The van der Waals surface area contributed by atoms with Gasteiger partial charge in [0.05, 0.1) is 0 Å². The van der Waals surface area contributed by atoms with Gasteiger partial charge in [0, 0.05) is 13.5 Å². The van der Waals surface area contributed by atoms with Crippen LogP contribution >= 0.6 is 27.7 Å². The molecule has 0 unspecified atom stereocenters. The van der Waals surface area contributed by atoms with Crippen LogP contribution in [0.2, 0.25) is 0 Å². The summed E-state index contributed by atoms with van der Waals surface area (Å²) in [6.07, 6.45) is -1.96. The molecule has 0 fully saturated rings. The lowest BCUT2D eigenvalue weighted by atomic mass is 10.4. The van der Waals surface area contributed by atoms with Crippen molar-refractivity contribution in [2.24, 2.45) is 0 Å². The van der Waals surface area contributed by atoms with Crippen molar-refractivity contribution < 1.29 is 4.11 Å². The van der Waals surface area contributed by atoms with Crippen molar-refractivity contribution in [2.45, 2.75) is 4.90 Å². The fourth-order valence-corrected chi connectivity index (χ4v) is 1.41. The monoisotopic (exact) mass is 205 g/mol. The van der Waals surface area contributed by atoms with Crippen LogP contribution in [0.3, 0.4) is 0 Å². The summed E-state index contributed by atoms with van der Waals surface area (Å²) in [5.41, 5.74) is 0. The van der Waals surface area contributed by atoms with Gasteiger partial charge < -0.3 is 0 Å². The van der Waals surface area contributed by atoms with Crippen molar-refractivity contribution in [1.82, 2.24) is 0 Å². The molecule has 0 saturated heterocycles. The Morgan fingerprint density at radius 1 is 1.67 bits per heavy atom. The topological polar surface area (TPSA) is 0 Å². The zero-order valence-corrected chi connectivity index (χ0v) is 7.00. The zero-order valence-electron chi connectivity index (χ0n) is 7.60. The second-order valence-corrected chi connectivity index (χ2v) is 3.15. The Bertz CT molecular complexity index is 272. The maximum atomic E-state index is 7.02. The normalized spacial score (nSPS) is 15.9. The van der Waals surface area contributed by atoms with Gasteiger partial charge in [-0.3, -0.25) is 0 Å². The Balaban J connectivity index is 2.77. The van der Waals surface area contributed by atoms with Crippen LogP contribution in [0.4, 0.5) is 0 Å². The fourth-order valence-electron chi connectivity index (χ4n) is 0.530. The highest BCUT2D eigenvalue weighted by molar-refractivity contribution is 9.10. The predicted molar refractivity (Wildman–Crippen MR) is 45.9 cm³/mol. The van der Waals surface area contributed by atoms with Crippen molar-refractivity contribution in [2.75, 3.05) is 6.18 Å². The Kier molecular flexibility index (Phi) is 1.47. The van der Waals surface area contributed by atoms with Crippen molar-refractivity contribution in [3.05, 3.63) is 28.7 Å². The van der Waals surface area contributed by atoms with E-state index in [1.807, 2.05) is 12.1 Å². The van der Waals surface area contributed by atoms with E-state index in [0.717, 1.165) is 21.1 Å². The number of rotatable bonds is 1. The molecule has 1 aromatic carbocycles. The summed E-state index contributed by atoms with van der Waals surface area (Å²) in [6.45, 7) is 0. The number of hydrogen-bond acceptors (Lipinski definition) is 1. The molecule has 0 heterocycles. The van der Waals surface area contributed by atoms with Gasteiger partial charge in [0.15, 0.2) is 0 Å². The lowest BCUT2D eigenvalue weighted by molar-refractivity contribution is 1.44. The summed E-state index contributed by atoms with van der Waals surface area (Å²) in [4.78, 5) is 0.754. The van der Waals surface area contributed by atoms with E-state index >= 15 is 0 Å². The minimum absolute atomic E-state index is 0.754. The summed E-state index contributed by atoms with van der Waals surface area (Å²) < 4.78 is 22.0. The largest absolute Gasteiger partial charge is 0.130 e. The van der Waals surface area contributed by atoms with Gasteiger partial charge in [-0.05, 0) is 24.4 Å². The Morgan fingerprint density at radius 2 is 2.56 bits per heavy atom. The van der Waals surface area contributed by atoms with Gasteiger partial charge >= 0.3 is 0 Å². The molecule has 0 spiro atoms. The Hall–Kier alpha value is 0.0500. The van der Waals surface area contributed by atoms with Crippen molar-refractivity contribution in [1.29, 1.82) is 0 Å². The van der Waals surface area contributed by atoms with E-state index in [2.05, 4.69) is 15.9 Å². The van der Waals surface area contributed by atoms with Gasteiger partial charge in [-0.15, -0.1) is 11.8 Å². The first kappa shape index (κ1) is 4.04. The molecule has 0 aliphatic heterocycles. The summed E-state index contributed by atoms with van der Waals surface area (Å²) in [6, 6.07) is 7.25. The highest BCUT2D eigenvalue weighted by atomic mass is 79.9. The molecule has 9 heavy (non-hydrogen) atoms. The number of halogens is 1. The van der Waals surface area contributed by atoms with Crippen molar-refractivity contribution >= 4 is 27.7 Å². The van der Waals surface area contributed by atoms with E-state index in [4.69, 9.17) is 4.11 Å². The average Bonchev–Trinajstić information content (AvgIpc) is 1.82. The summed E-state index contributed by atoms with van der Waals surface area (Å²) in [5.74, 6) is 0. The van der Waals surface area contributed by atoms with Crippen molar-refractivity contribution in [3.8, 4) is 0 Å². The highest BCUT2D eigenvalue weighted by Crippen LogP contribution is 2.18. The first-order chi connectivity index (χ1) is 5.47. The molecule has 1 aromatic rings. The molecule has 0 bridgehead atoms. The Morgan fingerprint density at radius 3 is 3.22 bits per heavy atom. The first-order valence-corrected chi connectivity index (χ1v) is 4.03. The van der Waals surface area contributed by atoms with Crippen LogP contribution in [0, 0.1) is 0 Å². The van der Waals surface area contributed by atoms with Gasteiger partial charge in [0.25, 0.3) is 0 Å². The zero-order chi connectivity index (χ0) is 9.19. The molecule has 1 rings (SSSR count).